The van der Waals surface area contributed by atoms with Gasteiger partial charge in [-0.1, -0.05) is 12.8 Å². The molecule has 1 aliphatic carbocycles. The average molecular weight is 345 g/mol. The lowest BCUT2D eigenvalue weighted by Crippen LogP contribution is -2.38. The van der Waals surface area contributed by atoms with Crippen LogP contribution in [-0.2, 0) is 4.79 Å². The molecule has 1 amide bonds. The molecule has 0 saturated heterocycles. The molecule has 0 radical (unpaired) electrons. The van der Waals surface area contributed by atoms with Gasteiger partial charge in [0.05, 0.1) is 16.4 Å². The summed E-state index contributed by atoms with van der Waals surface area (Å²) in [6, 6.07) is 5.32. The molecule has 1 aromatic heterocycles. The van der Waals surface area contributed by atoms with Crippen LogP contribution in [0.3, 0.4) is 0 Å². The maximum atomic E-state index is 12.3. The second-order valence-electron chi connectivity index (χ2n) is 7.34. The summed E-state index contributed by atoms with van der Waals surface area (Å²) >= 11 is 0. The number of carbonyl (C=O) groups excluding carboxylic acids is 1. The number of rotatable bonds is 5. The minimum absolute atomic E-state index is 0.0266. The number of carboxylic acid groups (broad SMARTS) is 1. The molecule has 1 aliphatic rings. The largest absolute Gasteiger partial charge is 0.481 e. The Morgan fingerprint density at radius 2 is 2.00 bits per heavy atom. The number of aromatic nitrogens is 2. The molecule has 0 unspecified atom stereocenters. The molecule has 1 aromatic carbocycles. The third-order valence-corrected chi connectivity index (χ3v) is 4.94. The zero-order chi connectivity index (χ0) is 18.2. The van der Waals surface area contributed by atoms with E-state index in [-0.39, 0.29) is 24.2 Å². The molecule has 3 N–H and O–H groups in total. The molecule has 0 spiro atoms. The fourth-order valence-corrected chi connectivity index (χ4v) is 3.28. The van der Waals surface area contributed by atoms with Crippen LogP contribution in [0.25, 0.3) is 11.0 Å². The van der Waals surface area contributed by atoms with Gasteiger partial charge in [-0.25, -0.2) is 4.79 Å². The number of H-pyrrole nitrogens is 1. The van der Waals surface area contributed by atoms with Crippen molar-refractivity contribution in [1.29, 1.82) is 0 Å². The summed E-state index contributed by atoms with van der Waals surface area (Å²) in [5.74, 6) is -1.33. The van der Waals surface area contributed by atoms with E-state index in [1.165, 1.54) is 0 Å². The highest BCUT2D eigenvalue weighted by atomic mass is 16.4. The predicted octanol–water partition coefficient (Wildman–Crippen LogP) is 2.29. The first-order valence-corrected chi connectivity index (χ1v) is 8.55. The quantitative estimate of drug-likeness (QED) is 0.773. The first-order valence-electron chi connectivity index (χ1n) is 8.55. The molecule has 3 rings (SSSR count). The number of carbonyl (C=O) groups is 2. The predicted molar refractivity (Wildman–Crippen MR) is 93.8 cm³/mol. The highest BCUT2D eigenvalue weighted by Gasteiger charge is 2.28. The summed E-state index contributed by atoms with van der Waals surface area (Å²) in [5, 5.41) is 11.8. The molecule has 1 heterocycles. The Labute approximate surface area is 145 Å². The summed E-state index contributed by atoms with van der Waals surface area (Å²) in [7, 11) is 0. The van der Waals surface area contributed by atoms with Crippen LogP contribution in [-0.4, -0.2) is 33.1 Å². The number of imidazole rings is 1. The van der Waals surface area contributed by atoms with Gasteiger partial charge in [-0.2, -0.15) is 0 Å². The molecule has 134 valence electrons. The second kappa shape index (κ2) is 6.38. The molecular weight excluding hydrogens is 322 g/mol. The van der Waals surface area contributed by atoms with Crippen LogP contribution < -0.4 is 11.0 Å². The van der Waals surface area contributed by atoms with Crippen molar-refractivity contribution in [2.75, 3.05) is 6.54 Å². The van der Waals surface area contributed by atoms with Crippen LogP contribution in [0.15, 0.2) is 23.0 Å². The number of aliphatic carboxylic acids is 1. The number of aromatic amines is 1. The van der Waals surface area contributed by atoms with Crippen molar-refractivity contribution in [3.05, 3.63) is 34.2 Å². The van der Waals surface area contributed by atoms with Gasteiger partial charge in [-0.15, -0.1) is 0 Å². The molecule has 0 bridgehead atoms. The van der Waals surface area contributed by atoms with Gasteiger partial charge in [0.2, 0.25) is 0 Å². The van der Waals surface area contributed by atoms with Gasteiger partial charge in [-0.05, 0) is 44.9 Å². The first kappa shape index (κ1) is 17.3. The van der Waals surface area contributed by atoms with Crippen LogP contribution in [0.4, 0.5) is 0 Å². The van der Waals surface area contributed by atoms with Crippen LogP contribution >= 0.6 is 0 Å². The van der Waals surface area contributed by atoms with Crippen molar-refractivity contribution < 1.29 is 14.7 Å². The molecule has 7 nitrogen and oxygen atoms in total. The number of amides is 1. The van der Waals surface area contributed by atoms with Gasteiger partial charge in [0.1, 0.15) is 0 Å². The number of nitrogens with zero attached hydrogens (tertiary/aromatic N) is 1. The lowest BCUT2D eigenvalue weighted by Gasteiger charge is -2.19. The normalized spacial score (nSPS) is 15.6. The Morgan fingerprint density at radius 3 is 2.64 bits per heavy atom. The summed E-state index contributed by atoms with van der Waals surface area (Å²) in [6.45, 7) is 3.13. The van der Waals surface area contributed by atoms with E-state index in [4.69, 9.17) is 5.11 Å². The minimum Gasteiger partial charge on any atom is -0.481 e. The molecule has 7 heteroatoms. The SMILES string of the molecule is CC(C)(CNC(=O)c1ccc2c(c1)[nH]c(=O)n2C1CCCC1)C(=O)O. The number of hydrogen-bond acceptors (Lipinski definition) is 3. The van der Waals surface area contributed by atoms with E-state index in [0.29, 0.717) is 11.1 Å². The monoisotopic (exact) mass is 345 g/mol. The molecule has 1 saturated carbocycles. The van der Waals surface area contributed by atoms with E-state index in [1.54, 1.807) is 36.6 Å². The Hall–Kier alpha value is -2.57. The highest BCUT2D eigenvalue weighted by Crippen LogP contribution is 2.30. The molecular formula is C18H23N3O4. The molecule has 2 aromatic rings. The molecule has 25 heavy (non-hydrogen) atoms. The molecule has 0 atom stereocenters. The minimum atomic E-state index is -1.04. The highest BCUT2D eigenvalue weighted by molar-refractivity contribution is 5.97. The van der Waals surface area contributed by atoms with Gasteiger partial charge in [0, 0.05) is 18.2 Å². The maximum Gasteiger partial charge on any atom is 0.326 e. The summed E-state index contributed by atoms with van der Waals surface area (Å²) < 4.78 is 1.79. The fourth-order valence-electron chi connectivity index (χ4n) is 3.28. The topological polar surface area (TPSA) is 104 Å². The molecule has 0 aliphatic heterocycles. The number of nitrogens with one attached hydrogen (secondary N) is 2. The van der Waals surface area contributed by atoms with Crippen LogP contribution in [0.2, 0.25) is 0 Å². The number of benzene rings is 1. The Morgan fingerprint density at radius 1 is 1.32 bits per heavy atom. The van der Waals surface area contributed by atoms with Crippen molar-refractivity contribution in [2.24, 2.45) is 5.41 Å². The van der Waals surface area contributed by atoms with E-state index < -0.39 is 11.4 Å². The summed E-state index contributed by atoms with van der Waals surface area (Å²) in [5.41, 5.74) is 0.640. The summed E-state index contributed by atoms with van der Waals surface area (Å²) in [4.78, 5) is 38.5. The fraction of sp³-hybridized carbons (Fsp3) is 0.500. The average Bonchev–Trinajstić information content (AvgIpc) is 3.18. The standard InChI is InChI=1S/C18H23N3O4/c1-18(2,16(23)24)10-19-15(22)11-7-8-14-13(9-11)20-17(25)21(14)12-5-3-4-6-12/h7-9,12H,3-6,10H2,1-2H3,(H,19,22)(H,20,25)(H,23,24). The third kappa shape index (κ3) is 3.31. The van der Waals surface area contributed by atoms with E-state index in [1.807, 2.05) is 0 Å². The van der Waals surface area contributed by atoms with Crippen molar-refractivity contribution in [3.8, 4) is 0 Å². The van der Waals surface area contributed by atoms with Crippen LogP contribution in [0.1, 0.15) is 55.9 Å². The van der Waals surface area contributed by atoms with Crippen LogP contribution in [0, 0.1) is 5.41 Å². The number of fused-ring (bicyclic) bond motifs is 1. The van der Waals surface area contributed by atoms with Crippen molar-refractivity contribution in [3.63, 3.8) is 0 Å². The Balaban J connectivity index is 1.83. The smallest absolute Gasteiger partial charge is 0.326 e. The third-order valence-electron chi connectivity index (χ3n) is 4.94. The van der Waals surface area contributed by atoms with E-state index >= 15 is 0 Å². The maximum absolute atomic E-state index is 12.3. The van der Waals surface area contributed by atoms with E-state index in [0.717, 1.165) is 31.2 Å². The zero-order valence-electron chi connectivity index (χ0n) is 14.5. The lowest BCUT2D eigenvalue weighted by atomic mass is 9.94. The van der Waals surface area contributed by atoms with Crippen molar-refractivity contribution in [1.82, 2.24) is 14.9 Å². The van der Waals surface area contributed by atoms with E-state index in [2.05, 4.69) is 10.3 Å². The van der Waals surface area contributed by atoms with Gasteiger partial charge in [0.15, 0.2) is 0 Å². The van der Waals surface area contributed by atoms with Gasteiger partial charge in [0.25, 0.3) is 5.91 Å². The first-order chi connectivity index (χ1) is 11.8. The summed E-state index contributed by atoms with van der Waals surface area (Å²) in [6.07, 6.45) is 4.26. The lowest BCUT2D eigenvalue weighted by molar-refractivity contribution is -0.146. The zero-order valence-corrected chi connectivity index (χ0v) is 14.5. The Kier molecular flexibility index (Phi) is 4.41. The number of carboxylic acids is 1. The Bertz CT molecular complexity index is 872. The molecule has 1 fully saturated rings. The van der Waals surface area contributed by atoms with Gasteiger partial charge in [-0.3, -0.25) is 14.2 Å². The van der Waals surface area contributed by atoms with Crippen LogP contribution in [0.5, 0.6) is 0 Å². The second-order valence-corrected chi connectivity index (χ2v) is 7.34. The van der Waals surface area contributed by atoms with Crippen molar-refractivity contribution >= 4 is 22.9 Å². The van der Waals surface area contributed by atoms with Gasteiger partial charge >= 0.3 is 11.7 Å². The number of hydrogen-bond donors (Lipinski definition) is 3. The van der Waals surface area contributed by atoms with Crippen molar-refractivity contribution in [2.45, 2.75) is 45.6 Å². The van der Waals surface area contributed by atoms with Gasteiger partial charge < -0.3 is 15.4 Å². The van der Waals surface area contributed by atoms with E-state index in [9.17, 15) is 14.4 Å².